The van der Waals surface area contributed by atoms with E-state index < -0.39 is 42.7 Å². The number of nitrogens with one attached hydrogen (secondary N) is 4. The van der Waals surface area contributed by atoms with Crippen molar-refractivity contribution in [3.8, 4) is 45.6 Å². The van der Waals surface area contributed by atoms with Crippen molar-refractivity contribution in [2.75, 3.05) is 6.54 Å². The van der Waals surface area contributed by atoms with E-state index in [4.69, 9.17) is 24.9 Å². The minimum absolute atomic E-state index is 0.00496. The van der Waals surface area contributed by atoms with Gasteiger partial charge in [-0.1, -0.05) is 18.2 Å². The second-order valence-electron chi connectivity index (χ2n) is 15.1. The number of allylic oxidation sites excluding steroid dienone is 2. The highest BCUT2D eigenvalue weighted by atomic mass is 32.3. The van der Waals surface area contributed by atoms with Crippen molar-refractivity contribution in [1.82, 2.24) is 55.2 Å². The quantitative estimate of drug-likeness (QED) is 0.0502. The average molecular weight is 926 g/mol. The van der Waals surface area contributed by atoms with Gasteiger partial charge in [0.15, 0.2) is 23.3 Å². The standard InChI is InChI=1S/C40H35N11O10S3/c52-40(42-13-2-1-4-19-17-41-18-43-19)27-6-3-5-26-31(27)39-50-34-25-12-9-22(64(59,60)61)16-30(25)38(48-34)49-37-29-15-21(63(56,57)58)8-11-24(29)33(47-37)46-36-28-14-20(62(53,54)55)7-10-23(28)32(45-36)44-35(26)51-39/h3,5-9,11-12,15-18,53-58H,1-2,4,10,13-14H2,(H,41,43)(H,42,52)(H,59,60,61)(H2,44,45,46,47,48,49,50,51). The summed E-state index contributed by atoms with van der Waals surface area (Å²) >= 11 is 0. The number of aryl methyl sites for hydroxylation is 1. The monoisotopic (exact) mass is 925 g/mol. The van der Waals surface area contributed by atoms with Crippen molar-refractivity contribution >= 4 is 71.1 Å². The van der Waals surface area contributed by atoms with Gasteiger partial charge in [0, 0.05) is 73.9 Å². The van der Waals surface area contributed by atoms with Crippen molar-refractivity contribution in [2.45, 2.75) is 41.9 Å². The smallest absolute Gasteiger partial charge is 0.294 e. The average Bonchev–Trinajstić information content (AvgIpc) is 4.08. The number of amides is 1. The minimum Gasteiger partial charge on any atom is -0.352 e. The Labute approximate surface area is 364 Å². The second-order valence-corrected chi connectivity index (χ2v) is 19.6. The molecular weight excluding hydrogens is 891 g/mol. The molecule has 10 rings (SSSR count). The van der Waals surface area contributed by atoms with E-state index >= 15 is 0 Å². The van der Waals surface area contributed by atoms with Crippen molar-refractivity contribution in [3.63, 3.8) is 0 Å². The Morgan fingerprint density at radius 3 is 2.11 bits per heavy atom. The summed E-state index contributed by atoms with van der Waals surface area (Å²) in [5.74, 6) is -0.231. The van der Waals surface area contributed by atoms with Gasteiger partial charge in [-0.25, -0.2) is 34.9 Å². The molecule has 0 saturated heterocycles. The summed E-state index contributed by atoms with van der Waals surface area (Å²) in [5, 5.41) is 3.48. The molecule has 8 bridgehead atoms. The van der Waals surface area contributed by atoms with E-state index in [0.717, 1.165) is 18.5 Å². The van der Waals surface area contributed by atoms with Gasteiger partial charge in [-0.15, -0.1) is 0 Å². The zero-order valence-corrected chi connectivity index (χ0v) is 35.3. The number of fused-ring (bicyclic) bond motifs is 20. The van der Waals surface area contributed by atoms with Crippen LogP contribution in [0.15, 0.2) is 87.9 Å². The number of imidazole rings is 1. The van der Waals surface area contributed by atoms with Crippen LogP contribution in [0.2, 0.25) is 0 Å². The normalized spacial score (nSPS) is 14.1. The lowest BCUT2D eigenvalue weighted by atomic mass is 10.0. The van der Waals surface area contributed by atoms with E-state index in [1.54, 1.807) is 30.7 Å². The zero-order valence-electron chi connectivity index (χ0n) is 32.9. The Kier molecular flexibility index (Phi) is 9.98. The molecule has 21 nitrogen and oxygen atoms in total. The molecule has 0 radical (unpaired) electrons. The molecule has 7 aromatic rings. The third-order valence-corrected chi connectivity index (χ3v) is 13.8. The number of carbonyl (C=O) groups is 1. The number of carbonyl (C=O) groups excluding carboxylic acids is 1. The number of nitrogens with zero attached hydrogens (tertiary/aromatic N) is 7. The van der Waals surface area contributed by atoms with Crippen LogP contribution < -0.4 is 5.32 Å². The summed E-state index contributed by atoms with van der Waals surface area (Å²) < 4.78 is 96.3. The van der Waals surface area contributed by atoms with Crippen molar-refractivity contribution < 1.29 is 45.1 Å². The topological polar surface area (TPSA) is 342 Å². The molecule has 0 spiro atoms. The van der Waals surface area contributed by atoms with Crippen LogP contribution in [0.25, 0.3) is 78.9 Å². The predicted molar refractivity (Wildman–Crippen MR) is 237 cm³/mol. The van der Waals surface area contributed by atoms with E-state index in [1.165, 1.54) is 42.5 Å². The lowest BCUT2D eigenvalue weighted by molar-refractivity contribution is 0.0953. The lowest BCUT2D eigenvalue weighted by Crippen LogP contribution is -2.25. The maximum absolute atomic E-state index is 14.0. The number of hydrogen-bond donors (Lipinski definition) is 11. The highest BCUT2D eigenvalue weighted by Gasteiger charge is 2.31. The summed E-state index contributed by atoms with van der Waals surface area (Å²) in [4.78, 5) is 55.6. The molecule has 1 aliphatic carbocycles. The molecule has 0 atom stereocenters. The number of rotatable bonds is 9. The van der Waals surface area contributed by atoms with E-state index in [-0.39, 0.29) is 85.0 Å². The molecule has 64 heavy (non-hydrogen) atoms. The molecule has 3 aromatic carbocycles. The maximum atomic E-state index is 14.0. The van der Waals surface area contributed by atoms with Crippen LogP contribution in [0.3, 0.4) is 0 Å². The van der Waals surface area contributed by atoms with Crippen LogP contribution in [0.1, 0.15) is 40.0 Å². The molecule has 0 fully saturated rings. The van der Waals surface area contributed by atoms with Crippen LogP contribution >= 0.6 is 21.7 Å². The zero-order chi connectivity index (χ0) is 44.7. The largest absolute Gasteiger partial charge is 0.352 e. The first-order chi connectivity index (χ1) is 30.5. The fraction of sp³-hybridized carbons (Fsp3) is 0.150. The number of hydrogen-bond acceptors (Lipinski definition) is 16. The van der Waals surface area contributed by atoms with Crippen LogP contribution in [-0.4, -0.2) is 103 Å². The maximum Gasteiger partial charge on any atom is 0.294 e. The van der Waals surface area contributed by atoms with E-state index in [0.29, 0.717) is 46.2 Å². The van der Waals surface area contributed by atoms with Crippen LogP contribution in [0.5, 0.6) is 0 Å². The van der Waals surface area contributed by atoms with Gasteiger partial charge >= 0.3 is 0 Å². The first-order valence-corrected chi connectivity index (χ1v) is 23.8. The van der Waals surface area contributed by atoms with Gasteiger partial charge in [0.2, 0.25) is 0 Å². The molecule has 3 aliphatic rings. The summed E-state index contributed by atoms with van der Waals surface area (Å²) in [5.41, 5.74) is 4.08. The Morgan fingerprint density at radius 2 is 1.36 bits per heavy atom. The molecule has 11 N–H and O–H groups in total. The Hall–Kier alpha value is -6.45. The highest BCUT2D eigenvalue weighted by molar-refractivity contribution is 8.22. The number of aromatic nitrogens is 10. The predicted octanol–water partition coefficient (Wildman–Crippen LogP) is 7.23. The molecule has 4 aromatic heterocycles. The number of H-pyrrole nitrogens is 3. The van der Waals surface area contributed by atoms with Gasteiger partial charge in [0.05, 0.1) is 21.7 Å². The molecule has 1 amide bonds. The molecule has 0 unspecified atom stereocenters. The van der Waals surface area contributed by atoms with Gasteiger partial charge in [0.1, 0.15) is 44.3 Å². The van der Waals surface area contributed by atoms with E-state index in [9.17, 15) is 45.1 Å². The third kappa shape index (κ3) is 7.59. The Morgan fingerprint density at radius 1 is 0.672 bits per heavy atom. The molecule has 6 heterocycles. The Balaban J connectivity index is 1.24. The first-order valence-electron chi connectivity index (χ1n) is 19.4. The van der Waals surface area contributed by atoms with Gasteiger partial charge in [0.25, 0.3) is 16.0 Å². The lowest BCUT2D eigenvalue weighted by Gasteiger charge is -2.25. The van der Waals surface area contributed by atoms with E-state index in [1.807, 2.05) is 0 Å². The van der Waals surface area contributed by atoms with Crippen molar-refractivity contribution in [2.24, 2.45) is 0 Å². The van der Waals surface area contributed by atoms with Crippen molar-refractivity contribution in [3.05, 3.63) is 100 Å². The SMILES string of the molecule is O=C(NCCCCc1cnc[nH]1)c1cccc2c1-c1nc-2nc2[nH]c(nc3nc(nc4[nH]c(n1)c1ccc(S(=O)(=O)O)cc41)-c1cc(S(O)(O)O)ccc1-3)c1c2CC=C(S(O)(O)O)C1. The van der Waals surface area contributed by atoms with Crippen LogP contribution in [0.4, 0.5) is 0 Å². The highest BCUT2D eigenvalue weighted by Crippen LogP contribution is 2.49. The summed E-state index contributed by atoms with van der Waals surface area (Å²) in [7, 11) is -13.1. The first kappa shape index (κ1) is 41.6. The second kappa shape index (κ2) is 15.4. The van der Waals surface area contributed by atoms with Gasteiger partial charge < -0.3 is 47.6 Å². The van der Waals surface area contributed by atoms with Gasteiger partial charge in [-0.05, 0) is 68.1 Å². The van der Waals surface area contributed by atoms with E-state index in [2.05, 4.69) is 30.2 Å². The number of unbranched alkanes of at least 4 members (excludes halogenated alkanes) is 1. The minimum atomic E-state index is -4.72. The van der Waals surface area contributed by atoms with Gasteiger partial charge in [-0.2, -0.15) is 8.42 Å². The third-order valence-electron chi connectivity index (χ3n) is 11.0. The molecular formula is C40H35N11O10S3. The van der Waals surface area contributed by atoms with Gasteiger partial charge in [-0.3, -0.25) is 9.35 Å². The number of benzene rings is 3. The fourth-order valence-corrected chi connectivity index (χ4v) is 9.61. The molecule has 0 saturated carbocycles. The molecule has 2 aliphatic heterocycles. The molecule has 328 valence electrons. The summed E-state index contributed by atoms with van der Waals surface area (Å²) in [6.07, 6.45) is 7.00. The fourth-order valence-electron chi connectivity index (χ4n) is 7.93. The molecule has 24 heteroatoms. The van der Waals surface area contributed by atoms with Crippen molar-refractivity contribution in [1.29, 1.82) is 0 Å². The Bertz CT molecular complexity index is 3420. The number of aromatic amines is 3. The van der Waals surface area contributed by atoms with Crippen LogP contribution in [0, 0.1) is 0 Å². The summed E-state index contributed by atoms with van der Waals surface area (Å²) in [6, 6.07) is 12.8. The summed E-state index contributed by atoms with van der Waals surface area (Å²) in [6.45, 7) is 0.364. The van der Waals surface area contributed by atoms with Crippen LogP contribution in [-0.2, 0) is 29.4 Å².